The second kappa shape index (κ2) is 5.65. The Hall–Kier alpha value is -1.16. The molecule has 0 amide bonds. The number of hydrogen-bond acceptors (Lipinski definition) is 4. The Labute approximate surface area is 108 Å². The predicted molar refractivity (Wildman–Crippen MR) is 69.6 cm³/mol. The summed E-state index contributed by atoms with van der Waals surface area (Å²) >= 11 is 0. The molecule has 18 heavy (non-hydrogen) atoms. The van der Waals surface area contributed by atoms with Crippen molar-refractivity contribution in [3.05, 3.63) is 17.8 Å². The van der Waals surface area contributed by atoms with Gasteiger partial charge in [-0.3, -0.25) is 4.79 Å². The third-order valence-corrected chi connectivity index (χ3v) is 3.66. The number of rotatable bonds is 4. The highest BCUT2D eigenvalue weighted by molar-refractivity contribution is 5.91. The second-order valence-electron chi connectivity index (χ2n) is 5.48. The molecule has 0 aromatic carbocycles. The molecule has 1 fully saturated rings. The van der Waals surface area contributed by atoms with Crippen molar-refractivity contribution in [1.82, 2.24) is 9.88 Å². The zero-order valence-electron chi connectivity index (χ0n) is 11.5. The van der Waals surface area contributed by atoms with Gasteiger partial charge in [-0.25, -0.2) is 4.98 Å². The van der Waals surface area contributed by atoms with Crippen LogP contribution < -0.4 is 0 Å². The van der Waals surface area contributed by atoms with Crippen molar-refractivity contribution >= 4 is 5.78 Å². The average Bonchev–Trinajstić information content (AvgIpc) is 2.78. The van der Waals surface area contributed by atoms with E-state index in [0.29, 0.717) is 23.5 Å². The molecule has 100 valence electrons. The van der Waals surface area contributed by atoms with Crippen LogP contribution in [0.1, 0.15) is 50.0 Å². The summed E-state index contributed by atoms with van der Waals surface area (Å²) in [6.45, 7) is 8.29. The Morgan fingerprint density at radius 2 is 2.39 bits per heavy atom. The van der Waals surface area contributed by atoms with E-state index in [1.54, 1.807) is 0 Å². The van der Waals surface area contributed by atoms with Gasteiger partial charge in [0.15, 0.2) is 11.7 Å². The zero-order valence-corrected chi connectivity index (χ0v) is 11.5. The predicted octanol–water partition coefficient (Wildman–Crippen LogP) is 2.54. The lowest BCUT2D eigenvalue weighted by atomic mass is 9.94. The topological polar surface area (TPSA) is 46.3 Å². The van der Waals surface area contributed by atoms with Crippen molar-refractivity contribution in [1.29, 1.82) is 0 Å². The largest absolute Gasteiger partial charge is 0.448 e. The number of piperidine rings is 1. The van der Waals surface area contributed by atoms with Crippen molar-refractivity contribution in [2.75, 3.05) is 13.1 Å². The van der Waals surface area contributed by atoms with Crippen LogP contribution in [0.3, 0.4) is 0 Å². The smallest absolute Gasteiger partial charge is 0.194 e. The van der Waals surface area contributed by atoms with Crippen molar-refractivity contribution in [2.45, 2.75) is 46.1 Å². The fourth-order valence-electron chi connectivity index (χ4n) is 2.55. The Kier molecular flexibility index (Phi) is 4.17. The lowest BCUT2D eigenvalue weighted by Gasteiger charge is -2.35. The molecule has 4 heteroatoms. The van der Waals surface area contributed by atoms with Crippen LogP contribution in [0.5, 0.6) is 0 Å². The van der Waals surface area contributed by atoms with E-state index in [2.05, 4.69) is 23.7 Å². The summed E-state index contributed by atoms with van der Waals surface area (Å²) in [5.41, 5.74) is 0.446. The number of hydrogen-bond donors (Lipinski definition) is 0. The first-order valence-corrected chi connectivity index (χ1v) is 6.75. The van der Waals surface area contributed by atoms with Gasteiger partial charge in [-0.05, 0) is 39.2 Å². The van der Waals surface area contributed by atoms with Crippen LogP contribution in [0.15, 0.2) is 10.7 Å². The van der Waals surface area contributed by atoms with Crippen molar-refractivity contribution in [3.63, 3.8) is 0 Å². The van der Waals surface area contributed by atoms with Crippen molar-refractivity contribution in [3.8, 4) is 0 Å². The molecular weight excluding hydrogens is 228 g/mol. The lowest BCUT2D eigenvalue weighted by molar-refractivity contribution is 0.101. The summed E-state index contributed by atoms with van der Waals surface area (Å²) in [7, 11) is 0. The van der Waals surface area contributed by atoms with Gasteiger partial charge >= 0.3 is 0 Å². The normalized spacial score (nSPS) is 21.4. The summed E-state index contributed by atoms with van der Waals surface area (Å²) in [4.78, 5) is 17.9. The average molecular weight is 250 g/mol. The first kappa shape index (κ1) is 13.3. The summed E-state index contributed by atoms with van der Waals surface area (Å²) in [5.74, 6) is 1.27. The maximum atomic E-state index is 11.2. The molecule has 2 heterocycles. The van der Waals surface area contributed by atoms with Gasteiger partial charge in [-0.2, -0.15) is 0 Å². The van der Waals surface area contributed by atoms with E-state index in [4.69, 9.17) is 4.42 Å². The molecule has 1 atom stereocenters. The first-order valence-electron chi connectivity index (χ1n) is 6.75. The molecule has 1 saturated heterocycles. The quantitative estimate of drug-likeness (QED) is 0.770. The van der Waals surface area contributed by atoms with Crippen LogP contribution in [0.25, 0.3) is 0 Å². The summed E-state index contributed by atoms with van der Waals surface area (Å²) < 4.78 is 5.37. The van der Waals surface area contributed by atoms with E-state index in [1.165, 1.54) is 32.6 Å². The molecule has 2 rings (SSSR count). The van der Waals surface area contributed by atoms with E-state index < -0.39 is 0 Å². The van der Waals surface area contributed by atoms with Gasteiger partial charge in [0.1, 0.15) is 12.0 Å². The van der Waals surface area contributed by atoms with Crippen LogP contribution in [-0.2, 0) is 6.42 Å². The minimum Gasteiger partial charge on any atom is -0.448 e. The molecule has 1 aliphatic heterocycles. The summed E-state index contributed by atoms with van der Waals surface area (Å²) in [6.07, 6.45) is 4.78. The third kappa shape index (κ3) is 3.19. The number of nitrogens with zero attached hydrogens (tertiary/aromatic N) is 2. The molecule has 0 N–H and O–H groups in total. The molecule has 1 aromatic heterocycles. The van der Waals surface area contributed by atoms with Crippen molar-refractivity contribution in [2.24, 2.45) is 5.92 Å². The molecular formula is C14H22N2O2. The molecule has 0 bridgehead atoms. The lowest BCUT2D eigenvalue weighted by Crippen LogP contribution is -2.40. The highest BCUT2D eigenvalue weighted by atomic mass is 16.3. The number of ketones is 1. The molecule has 0 radical (unpaired) electrons. The van der Waals surface area contributed by atoms with Crippen LogP contribution >= 0.6 is 0 Å². The number of carbonyl (C=O) groups excluding carboxylic acids is 1. The molecule has 1 aromatic rings. The maximum Gasteiger partial charge on any atom is 0.194 e. The van der Waals surface area contributed by atoms with E-state index in [9.17, 15) is 4.79 Å². The molecule has 1 unspecified atom stereocenters. The molecule has 0 aliphatic carbocycles. The second-order valence-corrected chi connectivity index (χ2v) is 5.48. The Morgan fingerprint density at radius 3 is 3.00 bits per heavy atom. The third-order valence-electron chi connectivity index (χ3n) is 3.66. The van der Waals surface area contributed by atoms with Gasteiger partial charge < -0.3 is 9.32 Å². The van der Waals surface area contributed by atoms with Gasteiger partial charge in [0, 0.05) is 25.9 Å². The number of carbonyl (C=O) groups is 1. The fourth-order valence-corrected chi connectivity index (χ4v) is 2.55. The van der Waals surface area contributed by atoms with E-state index in [1.807, 2.05) is 0 Å². The summed E-state index contributed by atoms with van der Waals surface area (Å²) in [5, 5.41) is 0. The maximum absolute atomic E-state index is 11.2. The number of likely N-dealkylation sites (tertiary alicyclic amines) is 1. The van der Waals surface area contributed by atoms with E-state index >= 15 is 0 Å². The summed E-state index contributed by atoms with van der Waals surface area (Å²) in [6, 6.07) is 0.602. The van der Waals surface area contributed by atoms with Crippen LogP contribution in [0.4, 0.5) is 0 Å². The van der Waals surface area contributed by atoms with E-state index in [-0.39, 0.29) is 5.78 Å². The van der Waals surface area contributed by atoms with Gasteiger partial charge in [0.25, 0.3) is 0 Å². The number of oxazole rings is 1. The van der Waals surface area contributed by atoms with Gasteiger partial charge in [0.05, 0.1) is 0 Å². The number of aromatic nitrogens is 1. The SMILES string of the molecule is CC(=O)c1coc(CC2CCCN(C(C)C)C2)n1. The molecule has 0 spiro atoms. The van der Waals surface area contributed by atoms with Crippen LogP contribution in [0, 0.1) is 5.92 Å². The highest BCUT2D eigenvalue weighted by Gasteiger charge is 2.23. The number of Topliss-reactive ketones (excluding diaryl/α,β-unsaturated/α-hetero) is 1. The monoisotopic (exact) mass is 250 g/mol. The Morgan fingerprint density at radius 1 is 1.61 bits per heavy atom. The zero-order chi connectivity index (χ0) is 13.1. The highest BCUT2D eigenvalue weighted by Crippen LogP contribution is 2.22. The van der Waals surface area contributed by atoms with Crippen molar-refractivity contribution < 1.29 is 9.21 Å². The fraction of sp³-hybridized carbons (Fsp3) is 0.714. The van der Waals surface area contributed by atoms with Gasteiger partial charge in [-0.1, -0.05) is 0 Å². The van der Waals surface area contributed by atoms with Gasteiger partial charge in [-0.15, -0.1) is 0 Å². The minimum atomic E-state index is -0.0301. The minimum absolute atomic E-state index is 0.0301. The molecule has 4 nitrogen and oxygen atoms in total. The molecule has 1 aliphatic rings. The van der Waals surface area contributed by atoms with Gasteiger partial charge in [0.2, 0.25) is 0 Å². The molecule has 0 saturated carbocycles. The standard InChI is InChI=1S/C14H22N2O2/c1-10(2)16-6-4-5-12(8-16)7-14-15-13(9-18-14)11(3)17/h9-10,12H,4-8H2,1-3H3. The Bertz CT molecular complexity index is 412. The van der Waals surface area contributed by atoms with E-state index in [0.717, 1.165) is 13.0 Å². The van der Waals surface area contributed by atoms with Crippen LogP contribution in [0.2, 0.25) is 0 Å². The first-order chi connectivity index (χ1) is 8.56. The van der Waals surface area contributed by atoms with Crippen LogP contribution in [-0.4, -0.2) is 34.8 Å². The Balaban J connectivity index is 1.94.